The molecule has 0 amide bonds. The molecule has 1 aromatic carbocycles. The normalized spacial score (nSPS) is 16.1. The number of aromatic nitrogens is 1. The summed E-state index contributed by atoms with van der Waals surface area (Å²) >= 11 is 0. The zero-order valence-electron chi connectivity index (χ0n) is 12.0. The molecular weight excluding hydrogens is 246 g/mol. The lowest BCUT2D eigenvalue weighted by Gasteiger charge is -2.21. The van der Waals surface area contributed by atoms with Gasteiger partial charge in [-0.25, -0.2) is 0 Å². The molecule has 2 aromatic rings. The maximum atomic E-state index is 9.30. The largest absolute Gasteiger partial charge is 0.383 e. The number of para-hydroxylation sites is 1. The summed E-state index contributed by atoms with van der Waals surface area (Å²) in [5, 5.41) is 13.9. The van der Waals surface area contributed by atoms with Crippen LogP contribution in [-0.2, 0) is 0 Å². The van der Waals surface area contributed by atoms with E-state index in [0.29, 0.717) is 16.9 Å². The molecule has 0 saturated heterocycles. The molecule has 0 unspecified atom stereocenters. The Kier molecular flexibility index (Phi) is 3.10. The molecule has 1 fully saturated rings. The monoisotopic (exact) mass is 265 g/mol. The second-order valence-electron chi connectivity index (χ2n) is 6.05. The fourth-order valence-corrected chi connectivity index (χ4v) is 2.80. The number of pyridine rings is 1. The van der Waals surface area contributed by atoms with Crippen molar-refractivity contribution in [2.75, 3.05) is 11.9 Å². The number of anilines is 1. The van der Waals surface area contributed by atoms with Gasteiger partial charge in [-0.1, -0.05) is 32.0 Å². The number of fused-ring (bicyclic) bond motifs is 1. The molecule has 3 heteroatoms. The third kappa shape index (κ3) is 2.12. The van der Waals surface area contributed by atoms with Gasteiger partial charge in [0.15, 0.2) is 0 Å². The van der Waals surface area contributed by atoms with E-state index >= 15 is 0 Å². The Balaban J connectivity index is 1.96. The Morgan fingerprint density at radius 3 is 2.75 bits per heavy atom. The van der Waals surface area contributed by atoms with E-state index in [4.69, 9.17) is 0 Å². The Hall–Kier alpha value is -2.08. The summed E-state index contributed by atoms with van der Waals surface area (Å²) in [6, 6.07) is 10.2. The van der Waals surface area contributed by atoms with Gasteiger partial charge in [0, 0.05) is 18.1 Å². The first-order valence-electron chi connectivity index (χ1n) is 7.18. The summed E-state index contributed by atoms with van der Waals surface area (Å²) in [4.78, 5) is 4.35. The average molecular weight is 265 g/mol. The fraction of sp³-hybridized carbons (Fsp3) is 0.412. The highest BCUT2D eigenvalue weighted by atomic mass is 14.9. The SMILES string of the molecule is CC(C)C1(CNc2c(C#N)cnc3ccccc23)CC1. The molecule has 102 valence electrons. The van der Waals surface area contributed by atoms with Crippen molar-refractivity contribution in [3.8, 4) is 6.07 Å². The van der Waals surface area contributed by atoms with Crippen molar-refractivity contribution in [2.45, 2.75) is 26.7 Å². The summed E-state index contributed by atoms with van der Waals surface area (Å²) < 4.78 is 0. The number of hydrogen-bond acceptors (Lipinski definition) is 3. The van der Waals surface area contributed by atoms with Crippen LogP contribution in [0.4, 0.5) is 5.69 Å². The summed E-state index contributed by atoms with van der Waals surface area (Å²) in [7, 11) is 0. The van der Waals surface area contributed by atoms with Crippen molar-refractivity contribution in [3.05, 3.63) is 36.0 Å². The van der Waals surface area contributed by atoms with Crippen molar-refractivity contribution in [1.29, 1.82) is 5.26 Å². The standard InChI is InChI=1S/C17H19N3/c1-12(2)17(7-8-17)11-20-16-13(9-18)10-19-15-6-4-3-5-14(15)16/h3-6,10,12H,7-8,11H2,1-2H3,(H,19,20). The Labute approximate surface area is 119 Å². The van der Waals surface area contributed by atoms with Crippen molar-refractivity contribution in [2.24, 2.45) is 11.3 Å². The third-order valence-electron chi connectivity index (χ3n) is 4.63. The minimum Gasteiger partial charge on any atom is -0.383 e. The lowest BCUT2D eigenvalue weighted by molar-refractivity contribution is 0.380. The Bertz CT molecular complexity index is 678. The van der Waals surface area contributed by atoms with E-state index in [9.17, 15) is 5.26 Å². The van der Waals surface area contributed by atoms with Crippen LogP contribution in [0.2, 0.25) is 0 Å². The maximum Gasteiger partial charge on any atom is 0.103 e. The second-order valence-corrected chi connectivity index (χ2v) is 6.05. The predicted molar refractivity (Wildman–Crippen MR) is 81.5 cm³/mol. The molecule has 0 radical (unpaired) electrons. The summed E-state index contributed by atoms with van der Waals surface area (Å²) in [6.07, 6.45) is 4.23. The van der Waals surface area contributed by atoms with Crippen LogP contribution in [0.25, 0.3) is 10.9 Å². The van der Waals surface area contributed by atoms with Crippen LogP contribution >= 0.6 is 0 Å². The van der Waals surface area contributed by atoms with E-state index in [1.807, 2.05) is 24.3 Å². The lowest BCUT2D eigenvalue weighted by atomic mass is 9.92. The van der Waals surface area contributed by atoms with Gasteiger partial charge in [0.25, 0.3) is 0 Å². The number of hydrogen-bond donors (Lipinski definition) is 1. The molecule has 1 N–H and O–H groups in total. The van der Waals surface area contributed by atoms with Crippen LogP contribution < -0.4 is 5.32 Å². The number of nitrogens with zero attached hydrogens (tertiary/aromatic N) is 2. The van der Waals surface area contributed by atoms with Crippen LogP contribution in [0, 0.1) is 22.7 Å². The van der Waals surface area contributed by atoms with Crippen LogP contribution in [0.3, 0.4) is 0 Å². The first kappa shape index (κ1) is 12.9. The minimum absolute atomic E-state index is 0.414. The van der Waals surface area contributed by atoms with Gasteiger partial charge in [0.1, 0.15) is 6.07 Å². The Morgan fingerprint density at radius 1 is 1.35 bits per heavy atom. The van der Waals surface area contributed by atoms with Gasteiger partial charge < -0.3 is 5.32 Å². The van der Waals surface area contributed by atoms with Gasteiger partial charge in [0.2, 0.25) is 0 Å². The molecular formula is C17H19N3. The number of nitrogens with one attached hydrogen (secondary N) is 1. The highest BCUT2D eigenvalue weighted by Gasteiger charge is 2.45. The first-order chi connectivity index (χ1) is 9.66. The summed E-state index contributed by atoms with van der Waals surface area (Å²) in [5.74, 6) is 0.675. The molecule has 1 aliphatic rings. The van der Waals surface area contributed by atoms with E-state index < -0.39 is 0 Å². The van der Waals surface area contributed by atoms with E-state index in [-0.39, 0.29) is 0 Å². The molecule has 3 nitrogen and oxygen atoms in total. The second kappa shape index (κ2) is 4.79. The van der Waals surface area contributed by atoms with Crippen molar-refractivity contribution in [3.63, 3.8) is 0 Å². The van der Waals surface area contributed by atoms with Crippen molar-refractivity contribution >= 4 is 16.6 Å². The van der Waals surface area contributed by atoms with Crippen molar-refractivity contribution in [1.82, 2.24) is 4.98 Å². The quantitative estimate of drug-likeness (QED) is 0.910. The molecule has 0 bridgehead atoms. The highest BCUT2D eigenvalue weighted by molar-refractivity contribution is 5.93. The van der Waals surface area contributed by atoms with Gasteiger partial charge in [-0.05, 0) is 30.2 Å². The first-order valence-corrected chi connectivity index (χ1v) is 7.18. The van der Waals surface area contributed by atoms with E-state index in [1.54, 1.807) is 6.20 Å². The topological polar surface area (TPSA) is 48.7 Å². The van der Waals surface area contributed by atoms with Crippen LogP contribution in [0.15, 0.2) is 30.5 Å². The third-order valence-corrected chi connectivity index (χ3v) is 4.63. The average Bonchev–Trinajstić information content (AvgIpc) is 3.25. The molecule has 0 aliphatic heterocycles. The molecule has 3 rings (SSSR count). The van der Waals surface area contributed by atoms with Crippen LogP contribution in [0.1, 0.15) is 32.3 Å². The number of rotatable bonds is 4. The molecule has 1 aliphatic carbocycles. The molecule has 1 heterocycles. The van der Waals surface area contributed by atoms with Crippen LogP contribution in [0.5, 0.6) is 0 Å². The van der Waals surface area contributed by atoms with Gasteiger partial charge in [-0.3, -0.25) is 4.98 Å². The van der Waals surface area contributed by atoms with E-state index in [1.165, 1.54) is 12.8 Å². The van der Waals surface area contributed by atoms with E-state index in [2.05, 4.69) is 30.2 Å². The fourth-order valence-electron chi connectivity index (χ4n) is 2.80. The zero-order valence-corrected chi connectivity index (χ0v) is 12.0. The predicted octanol–water partition coefficient (Wildman–Crippen LogP) is 3.95. The maximum absolute atomic E-state index is 9.30. The summed E-state index contributed by atoms with van der Waals surface area (Å²) in [6.45, 7) is 5.50. The van der Waals surface area contributed by atoms with Gasteiger partial charge in [0.05, 0.1) is 16.8 Å². The lowest BCUT2D eigenvalue weighted by Crippen LogP contribution is -2.21. The minimum atomic E-state index is 0.414. The highest BCUT2D eigenvalue weighted by Crippen LogP contribution is 2.51. The van der Waals surface area contributed by atoms with E-state index in [0.717, 1.165) is 23.1 Å². The number of benzene rings is 1. The Morgan fingerprint density at radius 2 is 2.10 bits per heavy atom. The van der Waals surface area contributed by atoms with Crippen LogP contribution in [-0.4, -0.2) is 11.5 Å². The molecule has 1 saturated carbocycles. The summed E-state index contributed by atoms with van der Waals surface area (Å²) in [5.41, 5.74) is 2.91. The van der Waals surface area contributed by atoms with Gasteiger partial charge >= 0.3 is 0 Å². The molecule has 0 atom stereocenters. The number of nitriles is 1. The zero-order chi connectivity index (χ0) is 14.2. The molecule has 1 aromatic heterocycles. The molecule has 20 heavy (non-hydrogen) atoms. The smallest absolute Gasteiger partial charge is 0.103 e. The van der Waals surface area contributed by atoms with Gasteiger partial charge in [-0.2, -0.15) is 5.26 Å². The van der Waals surface area contributed by atoms with Crippen molar-refractivity contribution < 1.29 is 0 Å². The van der Waals surface area contributed by atoms with Gasteiger partial charge in [-0.15, -0.1) is 0 Å². The molecule has 0 spiro atoms.